The molecule has 0 amide bonds. The normalized spacial score (nSPS) is 39.5. The molecule has 0 aromatic carbocycles. The first-order valence-electron chi connectivity index (χ1n) is 7.76. The van der Waals surface area contributed by atoms with Crippen molar-refractivity contribution >= 4 is 5.97 Å². The molecule has 4 atom stereocenters. The van der Waals surface area contributed by atoms with Crippen LogP contribution in [0.15, 0.2) is 0 Å². The number of hydrogen-bond acceptors (Lipinski definition) is 2. The Bertz CT molecular complexity index is 299. The molecule has 2 nitrogen and oxygen atoms in total. The third kappa shape index (κ3) is 2.89. The van der Waals surface area contributed by atoms with Crippen molar-refractivity contribution in [1.29, 1.82) is 0 Å². The summed E-state index contributed by atoms with van der Waals surface area (Å²) in [4.78, 5) is 11.6. The SMILES string of the molecule is CCCCCCC1(C)CCC2[C@@H](C1)OC(=O)[C@@H]2C. The van der Waals surface area contributed by atoms with E-state index < -0.39 is 0 Å². The van der Waals surface area contributed by atoms with Crippen molar-refractivity contribution in [1.82, 2.24) is 0 Å². The highest BCUT2D eigenvalue weighted by Crippen LogP contribution is 2.48. The van der Waals surface area contributed by atoms with Gasteiger partial charge in [0.1, 0.15) is 6.10 Å². The van der Waals surface area contributed by atoms with Gasteiger partial charge in [0.15, 0.2) is 0 Å². The van der Waals surface area contributed by atoms with Gasteiger partial charge in [0, 0.05) is 5.92 Å². The molecule has 2 rings (SSSR count). The van der Waals surface area contributed by atoms with Gasteiger partial charge in [-0.25, -0.2) is 0 Å². The fourth-order valence-electron chi connectivity index (χ4n) is 3.78. The summed E-state index contributed by atoms with van der Waals surface area (Å²) < 4.78 is 5.56. The number of unbranched alkanes of at least 4 members (excludes halogenated alkanes) is 3. The van der Waals surface area contributed by atoms with E-state index in [-0.39, 0.29) is 18.0 Å². The average molecular weight is 252 g/mol. The van der Waals surface area contributed by atoms with Gasteiger partial charge in [-0.05, 0) is 31.1 Å². The average Bonchev–Trinajstić information content (AvgIpc) is 2.60. The fourth-order valence-corrected chi connectivity index (χ4v) is 3.78. The van der Waals surface area contributed by atoms with Crippen LogP contribution in [0.5, 0.6) is 0 Å². The maximum atomic E-state index is 11.6. The maximum absolute atomic E-state index is 11.6. The number of carbonyl (C=O) groups excluding carboxylic acids is 1. The second-order valence-corrected chi connectivity index (χ2v) is 6.79. The predicted molar refractivity (Wildman–Crippen MR) is 73.3 cm³/mol. The number of carbonyl (C=O) groups is 1. The minimum Gasteiger partial charge on any atom is -0.462 e. The second-order valence-electron chi connectivity index (χ2n) is 6.79. The predicted octanol–water partition coefficient (Wildman–Crippen LogP) is 4.32. The molecule has 0 spiro atoms. The van der Waals surface area contributed by atoms with Crippen LogP contribution in [-0.2, 0) is 9.53 Å². The van der Waals surface area contributed by atoms with Crippen molar-refractivity contribution < 1.29 is 9.53 Å². The topological polar surface area (TPSA) is 26.3 Å². The molecule has 0 radical (unpaired) electrons. The highest BCUT2D eigenvalue weighted by Gasteiger charge is 2.48. The molecule has 1 saturated heterocycles. The van der Waals surface area contributed by atoms with E-state index in [2.05, 4.69) is 13.8 Å². The largest absolute Gasteiger partial charge is 0.462 e. The van der Waals surface area contributed by atoms with E-state index in [1.54, 1.807) is 0 Å². The van der Waals surface area contributed by atoms with Crippen molar-refractivity contribution in [2.45, 2.75) is 78.2 Å². The number of hydrogen-bond donors (Lipinski definition) is 0. The summed E-state index contributed by atoms with van der Waals surface area (Å²) in [6.07, 6.45) is 10.4. The molecular weight excluding hydrogens is 224 g/mol. The van der Waals surface area contributed by atoms with Gasteiger partial charge in [-0.2, -0.15) is 0 Å². The van der Waals surface area contributed by atoms with E-state index in [0.29, 0.717) is 11.3 Å². The first-order valence-corrected chi connectivity index (χ1v) is 7.76. The Morgan fingerprint density at radius 3 is 2.83 bits per heavy atom. The molecular formula is C16H28O2. The molecule has 2 aliphatic rings. The van der Waals surface area contributed by atoms with Crippen LogP contribution in [0.2, 0.25) is 0 Å². The summed E-state index contributed by atoms with van der Waals surface area (Å²) in [5.74, 6) is 0.682. The molecule has 2 heteroatoms. The van der Waals surface area contributed by atoms with Gasteiger partial charge >= 0.3 is 5.97 Å². The number of fused-ring (bicyclic) bond motifs is 1. The maximum Gasteiger partial charge on any atom is 0.309 e. The van der Waals surface area contributed by atoms with Crippen LogP contribution in [0.1, 0.15) is 72.1 Å². The van der Waals surface area contributed by atoms with Gasteiger partial charge < -0.3 is 4.74 Å². The Morgan fingerprint density at radius 1 is 1.33 bits per heavy atom. The third-order valence-electron chi connectivity index (χ3n) is 5.17. The lowest BCUT2D eigenvalue weighted by atomic mass is 9.66. The van der Waals surface area contributed by atoms with E-state index in [9.17, 15) is 4.79 Å². The summed E-state index contributed by atoms with van der Waals surface area (Å²) in [7, 11) is 0. The zero-order valence-corrected chi connectivity index (χ0v) is 12.2. The molecule has 1 heterocycles. The van der Waals surface area contributed by atoms with Gasteiger partial charge in [-0.15, -0.1) is 0 Å². The number of ether oxygens (including phenoxy) is 1. The summed E-state index contributed by atoms with van der Waals surface area (Å²) in [6.45, 7) is 6.69. The monoisotopic (exact) mass is 252 g/mol. The second kappa shape index (κ2) is 5.63. The fraction of sp³-hybridized carbons (Fsp3) is 0.938. The van der Waals surface area contributed by atoms with Gasteiger partial charge in [0.25, 0.3) is 0 Å². The minimum atomic E-state index is 0.0419. The molecule has 0 N–H and O–H groups in total. The summed E-state index contributed by atoms with van der Waals surface area (Å²) in [6, 6.07) is 0. The Balaban J connectivity index is 1.84. The molecule has 0 aromatic heterocycles. The van der Waals surface area contributed by atoms with E-state index >= 15 is 0 Å². The summed E-state index contributed by atoms with van der Waals surface area (Å²) >= 11 is 0. The molecule has 0 bridgehead atoms. The summed E-state index contributed by atoms with van der Waals surface area (Å²) in [5.41, 5.74) is 0.416. The molecule has 1 aliphatic carbocycles. The molecule has 1 saturated carbocycles. The van der Waals surface area contributed by atoms with Crippen molar-refractivity contribution in [3.05, 3.63) is 0 Å². The highest BCUT2D eigenvalue weighted by atomic mass is 16.6. The first-order chi connectivity index (χ1) is 8.56. The molecule has 18 heavy (non-hydrogen) atoms. The van der Waals surface area contributed by atoms with Crippen molar-refractivity contribution in [2.24, 2.45) is 17.3 Å². The Morgan fingerprint density at radius 2 is 2.11 bits per heavy atom. The third-order valence-corrected chi connectivity index (χ3v) is 5.17. The van der Waals surface area contributed by atoms with Crippen LogP contribution in [0.3, 0.4) is 0 Å². The molecule has 2 fully saturated rings. The van der Waals surface area contributed by atoms with E-state index in [1.165, 1.54) is 44.9 Å². The zero-order valence-electron chi connectivity index (χ0n) is 12.2. The van der Waals surface area contributed by atoms with Crippen LogP contribution in [0.25, 0.3) is 0 Å². The smallest absolute Gasteiger partial charge is 0.309 e. The Hall–Kier alpha value is -0.530. The standard InChI is InChI=1S/C16H28O2/c1-4-5-6-7-9-16(3)10-8-13-12(2)15(17)18-14(13)11-16/h12-14H,4-11H2,1-3H3/t12-,13?,14-,16?/m1/s1. The first kappa shape index (κ1) is 13.9. The Labute approximate surface area is 111 Å². The van der Waals surface area contributed by atoms with Crippen LogP contribution in [0.4, 0.5) is 0 Å². The molecule has 1 aliphatic heterocycles. The van der Waals surface area contributed by atoms with Crippen LogP contribution < -0.4 is 0 Å². The number of esters is 1. The van der Waals surface area contributed by atoms with Crippen molar-refractivity contribution in [2.75, 3.05) is 0 Å². The van der Waals surface area contributed by atoms with Crippen LogP contribution in [-0.4, -0.2) is 12.1 Å². The Kier molecular flexibility index (Phi) is 4.34. The number of rotatable bonds is 5. The quantitative estimate of drug-likeness (QED) is 0.538. The lowest BCUT2D eigenvalue weighted by Crippen LogP contribution is -2.34. The van der Waals surface area contributed by atoms with Crippen LogP contribution >= 0.6 is 0 Å². The minimum absolute atomic E-state index is 0.0419. The summed E-state index contributed by atoms with van der Waals surface area (Å²) in [5, 5.41) is 0. The molecule has 104 valence electrons. The van der Waals surface area contributed by atoms with Crippen LogP contribution in [0, 0.1) is 17.3 Å². The highest BCUT2D eigenvalue weighted by molar-refractivity contribution is 5.74. The molecule has 2 unspecified atom stereocenters. The van der Waals surface area contributed by atoms with E-state index in [4.69, 9.17) is 4.74 Å². The van der Waals surface area contributed by atoms with E-state index in [0.717, 1.165) is 6.42 Å². The van der Waals surface area contributed by atoms with Gasteiger partial charge in [-0.3, -0.25) is 4.79 Å². The lowest BCUT2D eigenvalue weighted by Gasteiger charge is -2.39. The van der Waals surface area contributed by atoms with Crippen molar-refractivity contribution in [3.8, 4) is 0 Å². The van der Waals surface area contributed by atoms with Gasteiger partial charge in [0.2, 0.25) is 0 Å². The van der Waals surface area contributed by atoms with E-state index in [1.807, 2.05) is 6.92 Å². The lowest BCUT2D eigenvalue weighted by molar-refractivity contribution is -0.145. The van der Waals surface area contributed by atoms with Crippen molar-refractivity contribution in [3.63, 3.8) is 0 Å². The van der Waals surface area contributed by atoms with Gasteiger partial charge in [0.05, 0.1) is 5.92 Å². The zero-order chi connectivity index (χ0) is 13.2. The molecule has 0 aromatic rings. The van der Waals surface area contributed by atoms with Gasteiger partial charge in [-0.1, -0.05) is 46.5 Å².